The fraction of sp³-hybridized carbons (Fsp3) is 0.438. The van der Waals surface area contributed by atoms with E-state index in [1.807, 2.05) is 29.3 Å². The van der Waals surface area contributed by atoms with E-state index in [-0.39, 0.29) is 5.91 Å². The van der Waals surface area contributed by atoms with Crippen molar-refractivity contribution in [2.45, 2.75) is 12.5 Å². The Morgan fingerprint density at radius 1 is 1.29 bits per heavy atom. The highest BCUT2D eigenvalue weighted by Crippen LogP contribution is 2.19. The first-order chi connectivity index (χ1) is 10.1. The highest BCUT2D eigenvalue weighted by molar-refractivity contribution is 5.86. The SMILES string of the molecule is CN1CCN(C(=O)[C@@H](N)Cc2c[nH]c3ccccc23)CC1. The third kappa shape index (κ3) is 2.94. The van der Waals surface area contributed by atoms with Gasteiger partial charge in [-0.2, -0.15) is 0 Å². The normalized spacial score (nSPS) is 18.1. The Kier molecular flexibility index (Phi) is 3.94. The molecular formula is C16H22N4O. The lowest BCUT2D eigenvalue weighted by Crippen LogP contribution is -2.52. The topological polar surface area (TPSA) is 65.4 Å². The van der Waals surface area contributed by atoms with Gasteiger partial charge < -0.3 is 20.5 Å². The number of piperazine rings is 1. The number of nitrogens with one attached hydrogen (secondary N) is 1. The van der Waals surface area contributed by atoms with Gasteiger partial charge in [0, 0.05) is 43.3 Å². The third-order valence-electron chi connectivity index (χ3n) is 4.25. The summed E-state index contributed by atoms with van der Waals surface area (Å²) < 4.78 is 0. The zero-order chi connectivity index (χ0) is 14.8. The summed E-state index contributed by atoms with van der Waals surface area (Å²) in [6, 6.07) is 7.64. The number of nitrogens with zero attached hydrogens (tertiary/aromatic N) is 2. The minimum Gasteiger partial charge on any atom is -0.361 e. The van der Waals surface area contributed by atoms with E-state index in [1.165, 1.54) is 0 Å². The van der Waals surface area contributed by atoms with E-state index in [4.69, 9.17) is 5.73 Å². The first kappa shape index (κ1) is 14.1. The molecule has 0 spiro atoms. The van der Waals surface area contributed by atoms with E-state index < -0.39 is 6.04 Å². The summed E-state index contributed by atoms with van der Waals surface area (Å²) in [6.07, 6.45) is 2.54. The maximum Gasteiger partial charge on any atom is 0.239 e. The number of fused-ring (bicyclic) bond motifs is 1. The predicted octanol–water partition coefficient (Wildman–Crippen LogP) is 0.812. The van der Waals surface area contributed by atoms with Crippen molar-refractivity contribution < 1.29 is 4.79 Å². The maximum absolute atomic E-state index is 12.4. The van der Waals surface area contributed by atoms with Gasteiger partial charge in [-0.05, 0) is 25.1 Å². The molecule has 0 bridgehead atoms. The summed E-state index contributed by atoms with van der Waals surface area (Å²) in [5, 5.41) is 1.15. The molecule has 1 aliphatic rings. The molecule has 112 valence electrons. The van der Waals surface area contributed by atoms with E-state index in [2.05, 4.69) is 23.0 Å². The number of hydrogen-bond donors (Lipinski definition) is 2. The predicted molar refractivity (Wildman–Crippen MR) is 84.1 cm³/mol. The van der Waals surface area contributed by atoms with Crippen LogP contribution in [0.2, 0.25) is 0 Å². The summed E-state index contributed by atoms with van der Waals surface area (Å²) in [7, 11) is 2.08. The smallest absolute Gasteiger partial charge is 0.239 e. The Morgan fingerprint density at radius 3 is 2.76 bits per heavy atom. The number of benzene rings is 1. The van der Waals surface area contributed by atoms with Gasteiger partial charge in [0.15, 0.2) is 0 Å². The van der Waals surface area contributed by atoms with Crippen LogP contribution in [0.3, 0.4) is 0 Å². The second-order valence-electron chi connectivity index (χ2n) is 5.80. The molecule has 0 radical (unpaired) electrons. The maximum atomic E-state index is 12.4. The molecule has 2 heterocycles. The van der Waals surface area contributed by atoms with Crippen LogP contribution in [0.25, 0.3) is 10.9 Å². The largest absolute Gasteiger partial charge is 0.361 e. The summed E-state index contributed by atoms with van der Waals surface area (Å²) >= 11 is 0. The number of hydrogen-bond acceptors (Lipinski definition) is 3. The van der Waals surface area contributed by atoms with Crippen LogP contribution in [-0.4, -0.2) is 60.0 Å². The highest BCUT2D eigenvalue weighted by Gasteiger charge is 2.24. The first-order valence-electron chi connectivity index (χ1n) is 7.43. The zero-order valence-electron chi connectivity index (χ0n) is 12.4. The van der Waals surface area contributed by atoms with E-state index in [0.717, 1.165) is 42.6 Å². The highest BCUT2D eigenvalue weighted by atomic mass is 16.2. The second kappa shape index (κ2) is 5.87. The molecule has 1 amide bonds. The van der Waals surface area contributed by atoms with E-state index >= 15 is 0 Å². The number of para-hydroxylation sites is 1. The Balaban J connectivity index is 1.68. The van der Waals surface area contributed by atoms with E-state index in [9.17, 15) is 4.79 Å². The summed E-state index contributed by atoms with van der Waals surface area (Å²) in [6.45, 7) is 3.39. The molecule has 3 N–H and O–H groups in total. The Morgan fingerprint density at radius 2 is 2.00 bits per heavy atom. The molecule has 1 aliphatic heterocycles. The molecule has 1 fully saturated rings. The molecule has 3 rings (SSSR count). The second-order valence-corrected chi connectivity index (χ2v) is 5.80. The van der Waals surface area contributed by atoms with E-state index in [0.29, 0.717) is 6.42 Å². The lowest BCUT2D eigenvalue weighted by molar-refractivity contribution is -0.134. The van der Waals surface area contributed by atoms with Crippen LogP contribution in [0.1, 0.15) is 5.56 Å². The number of amides is 1. The van der Waals surface area contributed by atoms with Crippen LogP contribution in [0.4, 0.5) is 0 Å². The van der Waals surface area contributed by atoms with Gasteiger partial charge in [0.1, 0.15) is 0 Å². The Bertz CT molecular complexity index is 628. The molecular weight excluding hydrogens is 264 g/mol. The molecule has 1 aromatic heterocycles. The summed E-state index contributed by atoms with van der Waals surface area (Å²) in [4.78, 5) is 19.8. The van der Waals surface area contributed by atoms with Crippen LogP contribution in [0.5, 0.6) is 0 Å². The van der Waals surface area contributed by atoms with Gasteiger partial charge in [-0.3, -0.25) is 4.79 Å². The van der Waals surface area contributed by atoms with Crippen LogP contribution in [-0.2, 0) is 11.2 Å². The molecule has 2 aromatic rings. The van der Waals surface area contributed by atoms with Crippen molar-refractivity contribution in [1.82, 2.24) is 14.8 Å². The third-order valence-corrected chi connectivity index (χ3v) is 4.25. The zero-order valence-corrected chi connectivity index (χ0v) is 12.4. The van der Waals surface area contributed by atoms with Crippen molar-refractivity contribution >= 4 is 16.8 Å². The van der Waals surface area contributed by atoms with Crippen molar-refractivity contribution in [3.63, 3.8) is 0 Å². The molecule has 5 nitrogen and oxygen atoms in total. The minimum atomic E-state index is -0.465. The molecule has 0 aliphatic carbocycles. The van der Waals surface area contributed by atoms with Gasteiger partial charge in [0.2, 0.25) is 5.91 Å². The molecule has 5 heteroatoms. The Hall–Kier alpha value is -1.85. The van der Waals surface area contributed by atoms with Crippen molar-refractivity contribution in [3.8, 4) is 0 Å². The number of carbonyl (C=O) groups is 1. The molecule has 1 atom stereocenters. The molecule has 1 aromatic carbocycles. The monoisotopic (exact) mass is 286 g/mol. The quantitative estimate of drug-likeness (QED) is 0.877. The van der Waals surface area contributed by atoms with Gasteiger partial charge in [-0.25, -0.2) is 0 Å². The summed E-state index contributed by atoms with van der Waals surface area (Å²) in [5.74, 6) is 0.0633. The fourth-order valence-corrected chi connectivity index (χ4v) is 2.89. The van der Waals surface area contributed by atoms with Gasteiger partial charge >= 0.3 is 0 Å². The van der Waals surface area contributed by atoms with Gasteiger partial charge in [0.25, 0.3) is 0 Å². The lowest BCUT2D eigenvalue weighted by atomic mass is 10.0. The van der Waals surface area contributed by atoms with Crippen LogP contribution in [0.15, 0.2) is 30.5 Å². The molecule has 0 saturated carbocycles. The fourth-order valence-electron chi connectivity index (χ4n) is 2.89. The van der Waals surface area contributed by atoms with Gasteiger partial charge in [-0.1, -0.05) is 18.2 Å². The Labute approximate surface area is 124 Å². The molecule has 0 unspecified atom stereocenters. The van der Waals surface area contributed by atoms with Gasteiger partial charge in [-0.15, -0.1) is 0 Å². The molecule has 1 saturated heterocycles. The van der Waals surface area contributed by atoms with Crippen LogP contribution in [0, 0.1) is 0 Å². The number of aromatic amines is 1. The van der Waals surface area contributed by atoms with Crippen LogP contribution < -0.4 is 5.73 Å². The number of carbonyl (C=O) groups excluding carboxylic acids is 1. The van der Waals surface area contributed by atoms with Crippen molar-refractivity contribution in [3.05, 3.63) is 36.0 Å². The number of aromatic nitrogens is 1. The molecule has 21 heavy (non-hydrogen) atoms. The lowest BCUT2D eigenvalue weighted by Gasteiger charge is -2.33. The number of H-pyrrole nitrogens is 1. The standard InChI is InChI=1S/C16H22N4O/c1-19-6-8-20(9-7-19)16(21)14(17)10-12-11-18-15-5-3-2-4-13(12)15/h2-5,11,14,18H,6-10,17H2,1H3/t14-/m0/s1. The average Bonchev–Trinajstić information content (AvgIpc) is 2.91. The summed E-state index contributed by atoms with van der Waals surface area (Å²) in [5.41, 5.74) is 8.35. The van der Waals surface area contributed by atoms with E-state index in [1.54, 1.807) is 0 Å². The van der Waals surface area contributed by atoms with Crippen molar-refractivity contribution in [2.24, 2.45) is 5.73 Å². The number of nitrogens with two attached hydrogens (primary N) is 1. The number of rotatable bonds is 3. The average molecular weight is 286 g/mol. The van der Waals surface area contributed by atoms with Gasteiger partial charge in [0.05, 0.1) is 6.04 Å². The van der Waals surface area contributed by atoms with Crippen LogP contribution >= 0.6 is 0 Å². The first-order valence-corrected chi connectivity index (χ1v) is 7.43. The van der Waals surface area contributed by atoms with Crippen molar-refractivity contribution in [1.29, 1.82) is 0 Å². The number of likely N-dealkylation sites (N-methyl/N-ethyl adjacent to an activating group) is 1. The van der Waals surface area contributed by atoms with Crippen molar-refractivity contribution in [2.75, 3.05) is 33.2 Å². The minimum absolute atomic E-state index is 0.0633.